The Morgan fingerprint density at radius 3 is 2.59 bits per heavy atom. The van der Waals surface area contributed by atoms with Crippen molar-refractivity contribution < 1.29 is 9.47 Å². The van der Waals surface area contributed by atoms with Gasteiger partial charge in [0.25, 0.3) is 0 Å². The Morgan fingerprint density at radius 1 is 1.15 bits per heavy atom. The first kappa shape index (κ1) is 28.0. The normalized spacial score (nSPS) is 14.5. The maximum Gasteiger partial charge on any atom is 0.320 e. The van der Waals surface area contributed by atoms with Gasteiger partial charge in [0.2, 0.25) is 0 Å². The molecule has 1 aromatic carbocycles. The van der Waals surface area contributed by atoms with E-state index in [4.69, 9.17) is 15.2 Å². The van der Waals surface area contributed by atoms with Gasteiger partial charge in [-0.3, -0.25) is 19.1 Å². The van der Waals surface area contributed by atoms with Gasteiger partial charge >= 0.3 is 17.1 Å². The molecule has 1 saturated heterocycles. The molecular formula is C29H36N6O4. The molecular weight excluding hydrogens is 496 g/mol. The zero-order chi connectivity index (χ0) is 27.8. The van der Waals surface area contributed by atoms with Crippen LogP contribution in [0.3, 0.4) is 0 Å². The first-order valence-corrected chi connectivity index (χ1v) is 13.2. The van der Waals surface area contributed by atoms with Crippen LogP contribution >= 0.6 is 0 Å². The van der Waals surface area contributed by atoms with Gasteiger partial charge < -0.3 is 20.2 Å². The van der Waals surface area contributed by atoms with E-state index < -0.39 is 11.1 Å². The number of fused-ring (bicyclic) bond motifs is 1. The van der Waals surface area contributed by atoms with Crippen LogP contribution in [0.2, 0.25) is 0 Å². The van der Waals surface area contributed by atoms with E-state index in [1.165, 1.54) is 17.4 Å². The largest absolute Gasteiger partial charge is 0.461 e. The van der Waals surface area contributed by atoms with Crippen LogP contribution in [0.15, 0.2) is 64.2 Å². The molecule has 0 amide bonds. The smallest absolute Gasteiger partial charge is 0.320 e. The number of hydrogen-bond donors (Lipinski definition) is 2. The van der Waals surface area contributed by atoms with Gasteiger partial charge in [0.1, 0.15) is 12.1 Å². The quantitative estimate of drug-likeness (QED) is 0.207. The number of aromatic nitrogens is 4. The van der Waals surface area contributed by atoms with Crippen LogP contribution in [0.25, 0.3) is 16.7 Å². The number of rotatable bonds is 12. The Labute approximate surface area is 227 Å². The lowest BCUT2D eigenvalue weighted by Crippen LogP contribution is -2.37. The summed E-state index contributed by atoms with van der Waals surface area (Å²) in [4.78, 5) is 38.6. The molecule has 3 heterocycles. The number of methoxy groups -OCH3 is 1. The molecule has 0 spiro atoms. The zero-order valence-corrected chi connectivity index (χ0v) is 22.6. The standard InChI is InChI=1S/C29H36N6O4/c1-4-5-8-23(17-20(2)18-34-13-6-7-14-34)22-11-9-21(10-12-22)19-35-26-24(31-27(36)28(35)37)25(30)32-29(33-26)39-16-15-38-3/h5,8-12,17H,2,4,6-7,13-16,18-19H2,1,3H3,(H,31,36)(H2,30,32,33). The number of anilines is 1. The molecule has 0 aliphatic carbocycles. The Kier molecular flexibility index (Phi) is 9.45. The van der Waals surface area contributed by atoms with Crippen molar-refractivity contribution in [3.8, 4) is 6.01 Å². The maximum absolute atomic E-state index is 12.9. The van der Waals surface area contributed by atoms with Gasteiger partial charge in [-0.25, -0.2) is 0 Å². The molecule has 0 atom stereocenters. The second-order valence-electron chi connectivity index (χ2n) is 9.53. The maximum atomic E-state index is 12.9. The van der Waals surface area contributed by atoms with Crippen LogP contribution in [-0.2, 0) is 11.3 Å². The minimum atomic E-state index is -0.797. The summed E-state index contributed by atoms with van der Waals surface area (Å²) >= 11 is 0. The highest BCUT2D eigenvalue weighted by atomic mass is 16.5. The molecule has 10 nitrogen and oxygen atoms in total. The molecule has 10 heteroatoms. The number of allylic oxidation sites excluding steroid dienone is 3. The molecule has 0 unspecified atom stereocenters. The minimum absolute atomic E-state index is 0.000697. The highest BCUT2D eigenvalue weighted by Gasteiger charge is 2.16. The Bertz CT molecular complexity index is 1480. The predicted molar refractivity (Wildman–Crippen MR) is 154 cm³/mol. The molecule has 2 aromatic heterocycles. The summed E-state index contributed by atoms with van der Waals surface area (Å²) in [6.45, 7) is 10.2. The van der Waals surface area contributed by atoms with Gasteiger partial charge in [0.15, 0.2) is 11.5 Å². The number of aromatic amines is 1. The van der Waals surface area contributed by atoms with E-state index in [0.717, 1.165) is 48.3 Å². The van der Waals surface area contributed by atoms with Gasteiger partial charge in [-0.15, -0.1) is 0 Å². The fraction of sp³-hybridized carbons (Fsp3) is 0.379. The van der Waals surface area contributed by atoms with Crippen LogP contribution in [0, 0.1) is 0 Å². The SMILES string of the molecule is C=C(C=C(C=CCC)c1ccc(Cn2c(=O)c(=O)[nH]c3c(N)nc(OCCOC)nc32)cc1)CN1CCCC1. The average molecular weight is 533 g/mol. The minimum Gasteiger partial charge on any atom is -0.461 e. The molecule has 4 rings (SSSR count). The second-order valence-corrected chi connectivity index (χ2v) is 9.53. The van der Waals surface area contributed by atoms with Crippen molar-refractivity contribution in [2.24, 2.45) is 0 Å². The van der Waals surface area contributed by atoms with Crippen LogP contribution in [0.4, 0.5) is 5.82 Å². The van der Waals surface area contributed by atoms with Crippen molar-refractivity contribution >= 4 is 22.6 Å². The molecule has 0 saturated carbocycles. The van der Waals surface area contributed by atoms with Crippen molar-refractivity contribution in [2.45, 2.75) is 32.7 Å². The Morgan fingerprint density at radius 2 is 1.90 bits per heavy atom. The van der Waals surface area contributed by atoms with E-state index in [0.29, 0.717) is 6.61 Å². The summed E-state index contributed by atoms with van der Waals surface area (Å²) in [5.41, 5.74) is 8.89. The number of benzene rings is 1. The van der Waals surface area contributed by atoms with Gasteiger partial charge in [0, 0.05) is 13.7 Å². The first-order chi connectivity index (χ1) is 18.9. The number of nitrogens with zero attached hydrogens (tertiary/aromatic N) is 4. The lowest BCUT2D eigenvalue weighted by Gasteiger charge is -2.15. The van der Waals surface area contributed by atoms with E-state index in [9.17, 15) is 9.59 Å². The van der Waals surface area contributed by atoms with Gasteiger partial charge in [-0.05, 0) is 54.6 Å². The molecule has 1 aliphatic heterocycles. The van der Waals surface area contributed by atoms with E-state index in [2.05, 4.69) is 51.6 Å². The number of H-pyrrole nitrogens is 1. The molecule has 1 fully saturated rings. The molecule has 3 N–H and O–H groups in total. The number of hydrogen-bond acceptors (Lipinski definition) is 8. The highest BCUT2D eigenvalue weighted by Crippen LogP contribution is 2.22. The third-order valence-corrected chi connectivity index (χ3v) is 6.50. The number of nitrogens with one attached hydrogen (secondary N) is 1. The van der Waals surface area contributed by atoms with Crippen molar-refractivity contribution in [1.82, 2.24) is 24.4 Å². The van der Waals surface area contributed by atoms with Crippen LogP contribution in [0.1, 0.15) is 37.3 Å². The summed E-state index contributed by atoms with van der Waals surface area (Å²) in [6.07, 6.45) is 9.79. The zero-order valence-electron chi connectivity index (χ0n) is 22.6. The first-order valence-electron chi connectivity index (χ1n) is 13.2. The van der Waals surface area contributed by atoms with E-state index in [1.54, 1.807) is 7.11 Å². The number of likely N-dealkylation sites (tertiary alicyclic amines) is 1. The Hall–Kier alpha value is -4.02. The van der Waals surface area contributed by atoms with Crippen LogP contribution in [-0.4, -0.2) is 64.4 Å². The monoisotopic (exact) mass is 532 g/mol. The molecule has 1 aliphatic rings. The van der Waals surface area contributed by atoms with Gasteiger partial charge in [0.05, 0.1) is 13.2 Å². The van der Waals surface area contributed by atoms with E-state index in [-0.39, 0.29) is 36.1 Å². The molecule has 206 valence electrons. The third-order valence-electron chi connectivity index (χ3n) is 6.50. The van der Waals surface area contributed by atoms with Crippen LogP contribution in [0.5, 0.6) is 6.01 Å². The van der Waals surface area contributed by atoms with Gasteiger partial charge in [-0.2, -0.15) is 9.97 Å². The van der Waals surface area contributed by atoms with Crippen molar-refractivity contribution in [1.29, 1.82) is 0 Å². The summed E-state index contributed by atoms with van der Waals surface area (Å²) in [7, 11) is 1.55. The average Bonchev–Trinajstić information content (AvgIpc) is 3.43. The van der Waals surface area contributed by atoms with Crippen molar-refractivity contribution in [3.05, 3.63) is 86.5 Å². The summed E-state index contributed by atoms with van der Waals surface area (Å²) in [6, 6.07) is 7.89. The number of ether oxygens (including phenoxy) is 2. The lowest BCUT2D eigenvalue weighted by atomic mass is 10.0. The predicted octanol–water partition coefficient (Wildman–Crippen LogP) is 3.14. The van der Waals surface area contributed by atoms with Gasteiger partial charge in [-0.1, -0.05) is 56.0 Å². The number of nitrogens with two attached hydrogens (primary N) is 1. The highest BCUT2D eigenvalue weighted by molar-refractivity contribution is 5.81. The molecule has 39 heavy (non-hydrogen) atoms. The molecule has 0 bridgehead atoms. The summed E-state index contributed by atoms with van der Waals surface area (Å²) in [5, 5.41) is 0. The third kappa shape index (κ3) is 7.10. The number of nitrogen functional groups attached to an aromatic ring is 1. The van der Waals surface area contributed by atoms with Crippen LogP contribution < -0.4 is 21.6 Å². The fourth-order valence-electron chi connectivity index (χ4n) is 4.52. The van der Waals surface area contributed by atoms with Crippen molar-refractivity contribution in [2.75, 3.05) is 45.7 Å². The van der Waals surface area contributed by atoms with E-state index >= 15 is 0 Å². The topological polar surface area (TPSA) is 128 Å². The fourth-order valence-corrected chi connectivity index (χ4v) is 4.52. The molecule has 0 radical (unpaired) electrons. The molecule has 3 aromatic rings. The Balaban J connectivity index is 1.62. The summed E-state index contributed by atoms with van der Waals surface area (Å²) in [5.74, 6) is 0.0141. The van der Waals surface area contributed by atoms with E-state index in [1.807, 2.05) is 24.3 Å². The second kappa shape index (κ2) is 13.2. The lowest BCUT2D eigenvalue weighted by molar-refractivity contribution is 0.141. The van der Waals surface area contributed by atoms with Crippen molar-refractivity contribution in [3.63, 3.8) is 0 Å². The summed E-state index contributed by atoms with van der Waals surface area (Å²) < 4.78 is 11.8.